The van der Waals surface area contributed by atoms with Crippen LogP contribution in [-0.2, 0) is 0 Å². The van der Waals surface area contributed by atoms with Gasteiger partial charge in [0.15, 0.2) is 5.78 Å². The van der Waals surface area contributed by atoms with Crippen molar-refractivity contribution in [2.24, 2.45) is 16.7 Å². The second-order valence-corrected chi connectivity index (χ2v) is 6.97. The summed E-state index contributed by atoms with van der Waals surface area (Å²) in [5.74, 6) is 0.472. The molecule has 1 aliphatic rings. The zero-order chi connectivity index (χ0) is 15.8. The molecule has 0 saturated heterocycles. The van der Waals surface area contributed by atoms with E-state index in [4.69, 9.17) is 0 Å². The number of ketones is 1. The van der Waals surface area contributed by atoms with Crippen molar-refractivity contribution in [3.63, 3.8) is 0 Å². The van der Waals surface area contributed by atoms with E-state index in [-0.39, 0.29) is 22.6 Å². The summed E-state index contributed by atoms with van der Waals surface area (Å²) < 4.78 is 0. The maximum absolute atomic E-state index is 11.9. The van der Waals surface area contributed by atoms with E-state index in [0.717, 1.165) is 0 Å². The summed E-state index contributed by atoms with van der Waals surface area (Å²) in [6, 6.07) is 6.73. The van der Waals surface area contributed by atoms with Gasteiger partial charge in [0.2, 0.25) is 0 Å². The van der Waals surface area contributed by atoms with Crippen molar-refractivity contribution in [1.29, 1.82) is 0 Å². The van der Waals surface area contributed by atoms with Crippen LogP contribution in [0.4, 0.5) is 10.5 Å². The monoisotopic (exact) mass is 288 g/mol. The summed E-state index contributed by atoms with van der Waals surface area (Å²) in [4.78, 5) is 23.3. The van der Waals surface area contributed by atoms with Crippen LogP contribution in [0.5, 0.6) is 0 Å². The summed E-state index contributed by atoms with van der Waals surface area (Å²) >= 11 is 0. The second kappa shape index (κ2) is 5.17. The van der Waals surface area contributed by atoms with E-state index in [1.54, 1.807) is 24.3 Å². The van der Waals surface area contributed by atoms with Gasteiger partial charge in [-0.05, 0) is 35.8 Å². The van der Waals surface area contributed by atoms with Gasteiger partial charge in [-0.15, -0.1) is 0 Å². The number of anilines is 1. The van der Waals surface area contributed by atoms with Crippen LogP contribution >= 0.6 is 0 Å². The standard InChI is InChI=1S/C17H24N2O2/c1-11(20)12-7-6-8-13(9-12)19-15(21)18-10-14-16(2,3)17(14,4)5/h6-9,14H,10H2,1-5H3,(H2,18,19,21). The average molecular weight is 288 g/mol. The minimum absolute atomic E-state index is 0.0134. The predicted molar refractivity (Wildman–Crippen MR) is 84.5 cm³/mol. The Balaban J connectivity index is 1.89. The fraction of sp³-hybridized carbons (Fsp3) is 0.529. The Bertz CT molecular complexity index is 562. The van der Waals surface area contributed by atoms with E-state index in [9.17, 15) is 9.59 Å². The lowest BCUT2D eigenvalue weighted by molar-refractivity contribution is 0.101. The molecule has 114 valence electrons. The van der Waals surface area contributed by atoms with Gasteiger partial charge >= 0.3 is 6.03 Å². The Hall–Kier alpha value is -1.84. The van der Waals surface area contributed by atoms with Gasteiger partial charge in [-0.25, -0.2) is 4.79 Å². The Morgan fingerprint density at radius 2 is 1.76 bits per heavy atom. The first-order chi connectivity index (χ1) is 9.66. The Morgan fingerprint density at radius 3 is 2.29 bits per heavy atom. The van der Waals surface area contributed by atoms with Crippen LogP contribution in [0.3, 0.4) is 0 Å². The molecule has 4 heteroatoms. The molecule has 0 bridgehead atoms. The first-order valence-electron chi connectivity index (χ1n) is 7.32. The molecular formula is C17H24N2O2. The molecule has 1 aromatic carbocycles. The summed E-state index contributed by atoms with van der Waals surface area (Å²) in [5.41, 5.74) is 1.75. The average Bonchev–Trinajstić information content (AvgIpc) is 2.77. The molecule has 2 rings (SSSR count). The summed E-state index contributed by atoms with van der Waals surface area (Å²) in [7, 11) is 0. The van der Waals surface area contributed by atoms with E-state index < -0.39 is 0 Å². The fourth-order valence-electron chi connectivity index (χ4n) is 3.03. The largest absolute Gasteiger partial charge is 0.338 e. The van der Waals surface area contributed by atoms with Crippen molar-refractivity contribution in [3.05, 3.63) is 29.8 Å². The SMILES string of the molecule is CC(=O)c1cccc(NC(=O)NCC2C(C)(C)C2(C)C)c1. The van der Waals surface area contributed by atoms with Crippen molar-refractivity contribution < 1.29 is 9.59 Å². The van der Waals surface area contributed by atoms with E-state index in [0.29, 0.717) is 23.7 Å². The number of Topliss-reactive ketones (excluding diaryl/α,β-unsaturated/α-hetero) is 1. The van der Waals surface area contributed by atoms with Gasteiger partial charge in [-0.2, -0.15) is 0 Å². The van der Waals surface area contributed by atoms with Gasteiger partial charge < -0.3 is 10.6 Å². The molecule has 0 atom stereocenters. The molecule has 0 radical (unpaired) electrons. The highest BCUT2D eigenvalue weighted by Crippen LogP contribution is 2.67. The van der Waals surface area contributed by atoms with Gasteiger partial charge in [0.05, 0.1) is 0 Å². The van der Waals surface area contributed by atoms with E-state index >= 15 is 0 Å². The number of carbonyl (C=O) groups is 2. The van der Waals surface area contributed by atoms with Crippen molar-refractivity contribution in [2.75, 3.05) is 11.9 Å². The van der Waals surface area contributed by atoms with E-state index in [1.807, 2.05) is 0 Å². The number of amides is 2. The number of hydrogen-bond donors (Lipinski definition) is 2. The summed E-state index contributed by atoms with van der Waals surface area (Å²) in [5, 5.41) is 5.69. The molecule has 0 spiro atoms. The van der Waals surface area contributed by atoms with E-state index in [1.165, 1.54) is 6.92 Å². The lowest BCUT2D eigenvalue weighted by atomic mass is 10.0. The number of benzene rings is 1. The highest BCUT2D eigenvalue weighted by Gasteiger charge is 2.64. The Kier molecular flexibility index (Phi) is 3.83. The van der Waals surface area contributed by atoms with Crippen LogP contribution in [0.2, 0.25) is 0 Å². The molecule has 0 unspecified atom stereocenters. The maximum atomic E-state index is 11.9. The number of urea groups is 1. The van der Waals surface area contributed by atoms with Gasteiger partial charge in [0, 0.05) is 17.8 Å². The van der Waals surface area contributed by atoms with E-state index in [2.05, 4.69) is 38.3 Å². The third-order valence-electron chi connectivity index (χ3n) is 5.31. The number of rotatable bonds is 4. The molecular weight excluding hydrogens is 264 g/mol. The predicted octanol–water partition coefficient (Wildman–Crippen LogP) is 3.69. The molecule has 0 aliphatic heterocycles. The minimum atomic E-state index is -0.228. The molecule has 2 N–H and O–H groups in total. The topological polar surface area (TPSA) is 58.2 Å². The molecule has 0 heterocycles. The van der Waals surface area contributed by atoms with Gasteiger partial charge in [0.1, 0.15) is 0 Å². The van der Waals surface area contributed by atoms with Gasteiger partial charge in [-0.3, -0.25) is 4.79 Å². The Morgan fingerprint density at radius 1 is 1.14 bits per heavy atom. The quantitative estimate of drug-likeness (QED) is 0.830. The molecule has 4 nitrogen and oxygen atoms in total. The first kappa shape index (κ1) is 15.5. The summed E-state index contributed by atoms with van der Waals surface area (Å²) in [6.07, 6.45) is 0. The first-order valence-corrected chi connectivity index (χ1v) is 7.32. The van der Waals surface area contributed by atoms with Crippen LogP contribution in [0.25, 0.3) is 0 Å². The van der Waals surface area contributed by atoms with Crippen LogP contribution in [0, 0.1) is 16.7 Å². The van der Waals surface area contributed by atoms with Crippen molar-refractivity contribution in [1.82, 2.24) is 5.32 Å². The van der Waals surface area contributed by atoms with Crippen molar-refractivity contribution in [3.8, 4) is 0 Å². The third-order valence-corrected chi connectivity index (χ3v) is 5.31. The van der Waals surface area contributed by atoms with Crippen LogP contribution in [-0.4, -0.2) is 18.4 Å². The molecule has 1 saturated carbocycles. The van der Waals surface area contributed by atoms with Gasteiger partial charge in [-0.1, -0.05) is 39.8 Å². The molecule has 21 heavy (non-hydrogen) atoms. The fourth-order valence-corrected chi connectivity index (χ4v) is 3.03. The smallest absolute Gasteiger partial charge is 0.319 e. The Labute approximate surface area is 126 Å². The lowest BCUT2D eigenvalue weighted by Gasteiger charge is -2.09. The highest BCUT2D eigenvalue weighted by molar-refractivity contribution is 5.96. The highest BCUT2D eigenvalue weighted by atomic mass is 16.2. The van der Waals surface area contributed by atoms with Crippen molar-refractivity contribution in [2.45, 2.75) is 34.6 Å². The zero-order valence-electron chi connectivity index (χ0n) is 13.4. The number of hydrogen-bond acceptors (Lipinski definition) is 2. The summed E-state index contributed by atoms with van der Waals surface area (Å²) in [6.45, 7) is 11.1. The molecule has 1 fully saturated rings. The molecule has 0 aromatic heterocycles. The number of nitrogens with one attached hydrogen (secondary N) is 2. The third kappa shape index (κ3) is 2.94. The lowest BCUT2D eigenvalue weighted by Crippen LogP contribution is -2.31. The normalized spacial score (nSPS) is 18.9. The van der Waals surface area contributed by atoms with Gasteiger partial charge in [0.25, 0.3) is 0 Å². The molecule has 2 amide bonds. The van der Waals surface area contributed by atoms with Crippen molar-refractivity contribution >= 4 is 17.5 Å². The minimum Gasteiger partial charge on any atom is -0.338 e. The zero-order valence-corrected chi connectivity index (χ0v) is 13.4. The maximum Gasteiger partial charge on any atom is 0.319 e. The van der Waals surface area contributed by atoms with Crippen LogP contribution in [0.1, 0.15) is 45.0 Å². The van der Waals surface area contributed by atoms with Crippen LogP contribution in [0.15, 0.2) is 24.3 Å². The second-order valence-electron chi connectivity index (χ2n) is 6.97. The van der Waals surface area contributed by atoms with Crippen LogP contribution < -0.4 is 10.6 Å². The number of carbonyl (C=O) groups excluding carboxylic acids is 2. The molecule has 1 aromatic rings. The molecule has 1 aliphatic carbocycles.